The lowest BCUT2D eigenvalue weighted by Gasteiger charge is -2.37. The number of nitrogens with zero attached hydrogens (tertiary/aromatic N) is 2. The van der Waals surface area contributed by atoms with E-state index in [2.05, 4.69) is 0 Å². The second-order valence-electron chi connectivity index (χ2n) is 5.10. The van der Waals surface area contributed by atoms with Crippen LogP contribution in [-0.4, -0.2) is 55.2 Å². The molecule has 2 nitrogen and oxygen atoms in total. The average molecular weight is 284 g/mol. The van der Waals surface area contributed by atoms with Crippen molar-refractivity contribution in [3.05, 3.63) is 42.0 Å². The molecule has 0 unspecified atom stereocenters. The zero-order chi connectivity index (χ0) is 14.6. The molecule has 5 heteroatoms. The molecule has 1 fully saturated rings. The van der Waals surface area contributed by atoms with Gasteiger partial charge < -0.3 is 4.90 Å². The number of benzene rings is 1. The van der Waals surface area contributed by atoms with Crippen molar-refractivity contribution in [1.29, 1.82) is 0 Å². The van der Waals surface area contributed by atoms with Gasteiger partial charge in [-0.15, -0.1) is 0 Å². The minimum absolute atomic E-state index is 0.444. The summed E-state index contributed by atoms with van der Waals surface area (Å²) < 4.78 is 39.6. The van der Waals surface area contributed by atoms with E-state index in [0.29, 0.717) is 26.2 Å². The van der Waals surface area contributed by atoms with Crippen LogP contribution in [0.25, 0.3) is 6.08 Å². The fraction of sp³-hybridized carbons (Fsp3) is 0.467. The number of rotatable bonds is 3. The summed E-state index contributed by atoms with van der Waals surface area (Å²) in [5.74, 6) is 0. The molecule has 0 amide bonds. The van der Waals surface area contributed by atoms with Gasteiger partial charge in [-0.3, -0.25) is 4.90 Å². The molecule has 0 spiro atoms. The normalized spacial score (nSPS) is 20.4. The van der Waals surface area contributed by atoms with Crippen LogP contribution in [0.2, 0.25) is 0 Å². The van der Waals surface area contributed by atoms with Crippen molar-refractivity contribution in [1.82, 2.24) is 9.80 Å². The highest BCUT2D eigenvalue weighted by Gasteiger charge is 2.42. The molecule has 1 aliphatic heterocycles. The lowest BCUT2D eigenvalue weighted by atomic mass is 10.1. The molecule has 0 bridgehead atoms. The van der Waals surface area contributed by atoms with Gasteiger partial charge in [0.25, 0.3) is 0 Å². The Morgan fingerprint density at radius 1 is 1.05 bits per heavy atom. The monoisotopic (exact) mass is 284 g/mol. The van der Waals surface area contributed by atoms with E-state index in [0.717, 1.165) is 5.56 Å². The first-order valence-corrected chi connectivity index (χ1v) is 6.69. The van der Waals surface area contributed by atoms with Gasteiger partial charge in [0.2, 0.25) is 0 Å². The first kappa shape index (κ1) is 15.1. The van der Waals surface area contributed by atoms with E-state index in [1.807, 2.05) is 30.1 Å². The molecule has 1 saturated heterocycles. The summed E-state index contributed by atoms with van der Waals surface area (Å²) >= 11 is 0. The van der Waals surface area contributed by atoms with E-state index in [4.69, 9.17) is 0 Å². The molecule has 1 aromatic rings. The highest BCUT2D eigenvalue weighted by Crippen LogP contribution is 2.27. The zero-order valence-electron chi connectivity index (χ0n) is 11.5. The number of likely N-dealkylation sites (N-methyl/N-ethyl adjacent to an activating group) is 1. The number of alkyl halides is 3. The summed E-state index contributed by atoms with van der Waals surface area (Å²) in [6.07, 6.45) is -1.42. The molecule has 2 rings (SSSR count). The molecule has 1 aliphatic rings. The van der Waals surface area contributed by atoms with Gasteiger partial charge in [-0.1, -0.05) is 42.5 Å². The molecule has 0 saturated carbocycles. The minimum atomic E-state index is -4.23. The van der Waals surface area contributed by atoms with E-state index in [-0.39, 0.29) is 0 Å². The topological polar surface area (TPSA) is 6.48 Å². The third kappa shape index (κ3) is 4.08. The number of piperazine rings is 1. The summed E-state index contributed by atoms with van der Waals surface area (Å²) in [4.78, 5) is 3.55. The Hall–Kier alpha value is -1.33. The Morgan fingerprint density at radius 2 is 1.65 bits per heavy atom. The van der Waals surface area contributed by atoms with E-state index in [1.54, 1.807) is 18.2 Å². The Kier molecular flexibility index (Phi) is 4.83. The zero-order valence-corrected chi connectivity index (χ0v) is 11.5. The van der Waals surface area contributed by atoms with Crippen molar-refractivity contribution in [3.63, 3.8) is 0 Å². The highest BCUT2D eigenvalue weighted by atomic mass is 19.4. The van der Waals surface area contributed by atoms with Crippen molar-refractivity contribution in [2.75, 3.05) is 33.2 Å². The Balaban J connectivity index is 2.10. The summed E-state index contributed by atoms with van der Waals surface area (Å²) in [6, 6.07) is 7.58. The van der Waals surface area contributed by atoms with Gasteiger partial charge in [0.15, 0.2) is 0 Å². The maximum absolute atomic E-state index is 13.2. The molecule has 1 aromatic carbocycles. The summed E-state index contributed by atoms with van der Waals surface area (Å²) in [5, 5.41) is 0. The highest BCUT2D eigenvalue weighted by molar-refractivity contribution is 5.49. The lowest BCUT2D eigenvalue weighted by Crippen LogP contribution is -2.53. The van der Waals surface area contributed by atoms with Crippen LogP contribution in [0.5, 0.6) is 0 Å². The number of hydrogen-bond donors (Lipinski definition) is 0. The van der Waals surface area contributed by atoms with Crippen LogP contribution in [0, 0.1) is 0 Å². The SMILES string of the molecule is CN1CCN([C@H](/C=C/c2ccccc2)C(F)(F)F)CC1. The van der Waals surface area contributed by atoms with Gasteiger partial charge in [0, 0.05) is 26.2 Å². The molecule has 1 heterocycles. The third-order valence-corrected chi connectivity index (χ3v) is 3.54. The van der Waals surface area contributed by atoms with Gasteiger partial charge in [0.05, 0.1) is 0 Å². The first-order chi connectivity index (χ1) is 9.47. The van der Waals surface area contributed by atoms with Gasteiger partial charge in [-0.05, 0) is 12.6 Å². The van der Waals surface area contributed by atoms with Crippen LogP contribution < -0.4 is 0 Å². The largest absolute Gasteiger partial charge is 0.407 e. The van der Waals surface area contributed by atoms with Crippen LogP contribution in [0.4, 0.5) is 13.2 Å². The molecule has 20 heavy (non-hydrogen) atoms. The van der Waals surface area contributed by atoms with Crippen molar-refractivity contribution in [3.8, 4) is 0 Å². The third-order valence-electron chi connectivity index (χ3n) is 3.54. The summed E-state index contributed by atoms with van der Waals surface area (Å²) in [6.45, 7) is 2.23. The van der Waals surface area contributed by atoms with Gasteiger partial charge >= 0.3 is 6.18 Å². The van der Waals surface area contributed by atoms with Crippen LogP contribution in [0.15, 0.2) is 36.4 Å². The van der Waals surface area contributed by atoms with Crippen LogP contribution in [-0.2, 0) is 0 Å². The van der Waals surface area contributed by atoms with Crippen LogP contribution in [0.3, 0.4) is 0 Å². The Bertz CT molecular complexity index is 434. The van der Waals surface area contributed by atoms with E-state index in [1.165, 1.54) is 11.0 Å². The van der Waals surface area contributed by atoms with E-state index < -0.39 is 12.2 Å². The van der Waals surface area contributed by atoms with Crippen LogP contribution >= 0.6 is 0 Å². The van der Waals surface area contributed by atoms with Crippen molar-refractivity contribution >= 4 is 6.08 Å². The molecular formula is C15H19F3N2. The molecule has 110 valence electrons. The maximum Gasteiger partial charge on any atom is 0.407 e. The average Bonchev–Trinajstić information content (AvgIpc) is 2.41. The van der Waals surface area contributed by atoms with Gasteiger partial charge in [-0.2, -0.15) is 13.2 Å². The number of hydrogen-bond acceptors (Lipinski definition) is 2. The first-order valence-electron chi connectivity index (χ1n) is 6.69. The van der Waals surface area contributed by atoms with Crippen molar-refractivity contribution in [2.24, 2.45) is 0 Å². The quantitative estimate of drug-likeness (QED) is 0.842. The Morgan fingerprint density at radius 3 is 2.20 bits per heavy atom. The predicted octanol–water partition coefficient (Wildman–Crippen LogP) is 2.88. The van der Waals surface area contributed by atoms with Crippen LogP contribution in [0.1, 0.15) is 5.56 Å². The fourth-order valence-corrected chi connectivity index (χ4v) is 2.30. The van der Waals surface area contributed by atoms with Gasteiger partial charge in [0.1, 0.15) is 6.04 Å². The summed E-state index contributed by atoms with van der Waals surface area (Å²) in [7, 11) is 1.93. The Labute approximate surface area is 117 Å². The number of halogens is 3. The maximum atomic E-state index is 13.2. The molecule has 0 aliphatic carbocycles. The lowest BCUT2D eigenvalue weighted by molar-refractivity contribution is -0.173. The fourth-order valence-electron chi connectivity index (χ4n) is 2.30. The van der Waals surface area contributed by atoms with Crippen molar-refractivity contribution in [2.45, 2.75) is 12.2 Å². The standard InChI is InChI=1S/C15H19F3N2/c1-19-9-11-20(12-10-19)14(15(16,17)18)8-7-13-5-3-2-4-6-13/h2-8,14H,9-12H2,1H3/b8-7+/t14-/m1/s1. The van der Waals surface area contributed by atoms with Crippen molar-refractivity contribution < 1.29 is 13.2 Å². The molecular weight excluding hydrogens is 265 g/mol. The summed E-state index contributed by atoms with van der Waals surface area (Å²) in [5.41, 5.74) is 0.788. The van der Waals surface area contributed by atoms with Gasteiger partial charge in [-0.25, -0.2) is 0 Å². The smallest absolute Gasteiger partial charge is 0.304 e. The minimum Gasteiger partial charge on any atom is -0.304 e. The molecule has 0 radical (unpaired) electrons. The molecule has 0 aromatic heterocycles. The molecule has 1 atom stereocenters. The van der Waals surface area contributed by atoms with E-state index in [9.17, 15) is 13.2 Å². The second-order valence-corrected chi connectivity index (χ2v) is 5.10. The second kappa shape index (κ2) is 6.41. The molecule has 0 N–H and O–H groups in total. The van der Waals surface area contributed by atoms with E-state index >= 15 is 0 Å². The predicted molar refractivity (Wildman–Crippen MR) is 74.4 cm³/mol.